The van der Waals surface area contributed by atoms with Crippen molar-refractivity contribution in [3.05, 3.63) is 42.0 Å². The van der Waals surface area contributed by atoms with Gasteiger partial charge in [0.2, 0.25) is 0 Å². The Bertz CT molecular complexity index is 685. The van der Waals surface area contributed by atoms with Crippen LogP contribution in [0, 0.1) is 0 Å². The maximum Gasteiger partial charge on any atom is 0.150 e. The number of carbonyl (C=O) groups is 1. The smallest absolute Gasteiger partial charge is 0.150 e. The highest BCUT2D eigenvalue weighted by molar-refractivity contribution is 5.89. The SMILES string of the molecule is C1CCN(C2CCCC2)CC1.COc1ccc2cc(C=O)ccc2c1. The molecule has 134 valence electrons. The first-order chi connectivity index (χ1) is 12.3. The first kappa shape index (κ1) is 17.9. The zero-order chi connectivity index (χ0) is 17.5. The first-order valence-corrected chi connectivity index (χ1v) is 9.57. The Kier molecular flexibility index (Phi) is 6.46. The number of nitrogens with zero attached hydrogens (tertiary/aromatic N) is 1. The minimum absolute atomic E-state index is 0.697. The molecule has 0 N–H and O–H groups in total. The van der Waals surface area contributed by atoms with E-state index in [4.69, 9.17) is 4.74 Å². The van der Waals surface area contributed by atoms with Crippen molar-refractivity contribution in [2.75, 3.05) is 20.2 Å². The quantitative estimate of drug-likeness (QED) is 0.731. The molecule has 3 heteroatoms. The lowest BCUT2D eigenvalue weighted by atomic mass is 10.1. The van der Waals surface area contributed by atoms with Crippen molar-refractivity contribution in [1.29, 1.82) is 0 Å². The molecule has 1 aliphatic carbocycles. The summed E-state index contributed by atoms with van der Waals surface area (Å²) in [6.45, 7) is 2.79. The highest BCUT2D eigenvalue weighted by Gasteiger charge is 2.23. The summed E-state index contributed by atoms with van der Waals surface area (Å²) in [5.41, 5.74) is 0.697. The molecule has 2 aromatic rings. The maximum absolute atomic E-state index is 10.5. The van der Waals surface area contributed by atoms with Crippen molar-refractivity contribution in [3.8, 4) is 5.75 Å². The molecule has 4 rings (SSSR count). The molecule has 2 fully saturated rings. The molecule has 0 spiro atoms. The minimum atomic E-state index is 0.697. The van der Waals surface area contributed by atoms with Crippen LogP contribution in [-0.4, -0.2) is 37.4 Å². The fraction of sp³-hybridized carbons (Fsp3) is 0.500. The number of hydrogen-bond donors (Lipinski definition) is 0. The Labute approximate surface area is 151 Å². The minimum Gasteiger partial charge on any atom is -0.497 e. The number of likely N-dealkylation sites (tertiary alicyclic amines) is 1. The van der Waals surface area contributed by atoms with E-state index in [1.807, 2.05) is 30.3 Å². The van der Waals surface area contributed by atoms with Gasteiger partial charge in [-0.1, -0.05) is 37.5 Å². The summed E-state index contributed by atoms with van der Waals surface area (Å²) in [6.07, 6.45) is 11.2. The van der Waals surface area contributed by atoms with Crippen LogP contribution in [0.2, 0.25) is 0 Å². The van der Waals surface area contributed by atoms with Gasteiger partial charge in [-0.3, -0.25) is 4.79 Å². The highest BCUT2D eigenvalue weighted by Crippen LogP contribution is 2.25. The van der Waals surface area contributed by atoms with Crippen LogP contribution < -0.4 is 4.74 Å². The molecule has 3 nitrogen and oxygen atoms in total. The third kappa shape index (κ3) is 4.82. The molecule has 0 aromatic heterocycles. The predicted octanol–water partition coefficient (Wildman–Crippen LogP) is 5.08. The number of methoxy groups -OCH3 is 1. The van der Waals surface area contributed by atoms with Crippen LogP contribution in [-0.2, 0) is 0 Å². The zero-order valence-electron chi connectivity index (χ0n) is 15.2. The Morgan fingerprint density at radius 2 is 1.60 bits per heavy atom. The molecular weight excluding hydrogens is 310 g/mol. The van der Waals surface area contributed by atoms with Crippen molar-refractivity contribution in [2.45, 2.75) is 51.0 Å². The number of ether oxygens (including phenoxy) is 1. The maximum atomic E-state index is 10.5. The molecule has 0 unspecified atom stereocenters. The molecule has 1 saturated heterocycles. The van der Waals surface area contributed by atoms with Crippen molar-refractivity contribution in [1.82, 2.24) is 4.90 Å². The second-order valence-corrected chi connectivity index (χ2v) is 7.13. The molecule has 2 aromatic carbocycles. The van der Waals surface area contributed by atoms with Gasteiger partial charge < -0.3 is 9.64 Å². The van der Waals surface area contributed by atoms with Crippen LogP contribution in [0.1, 0.15) is 55.3 Å². The van der Waals surface area contributed by atoms with Crippen molar-refractivity contribution in [3.63, 3.8) is 0 Å². The second kappa shape index (κ2) is 9.00. The van der Waals surface area contributed by atoms with Crippen LogP contribution in [0.3, 0.4) is 0 Å². The molecule has 0 amide bonds. The molecule has 0 bridgehead atoms. The summed E-state index contributed by atoms with van der Waals surface area (Å²) in [4.78, 5) is 13.3. The van der Waals surface area contributed by atoms with Crippen LogP contribution in [0.5, 0.6) is 5.75 Å². The van der Waals surface area contributed by atoms with Gasteiger partial charge >= 0.3 is 0 Å². The Morgan fingerprint density at radius 3 is 2.28 bits per heavy atom. The number of aldehydes is 1. The third-order valence-electron chi connectivity index (χ3n) is 5.44. The number of piperidine rings is 1. The largest absolute Gasteiger partial charge is 0.497 e. The normalized spacial score (nSPS) is 18.6. The van der Waals surface area contributed by atoms with Gasteiger partial charge in [0.1, 0.15) is 12.0 Å². The van der Waals surface area contributed by atoms with Crippen molar-refractivity contribution < 1.29 is 9.53 Å². The second-order valence-electron chi connectivity index (χ2n) is 7.13. The van der Waals surface area contributed by atoms with Crippen LogP contribution in [0.4, 0.5) is 0 Å². The summed E-state index contributed by atoms with van der Waals surface area (Å²) >= 11 is 0. The van der Waals surface area contributed by atoms with Gasteiger partial charge in [-0.2, -0.15) is 0 Å². The number of rotatable bonds is 3. The fourth-order valence-electron chi connectivity index (χ4n) is 4.00. The van der Waals surface area contributed by atoms with Gasteiger partial charge in [0.05, 0.1) is 7.11 Å². The van der Waals surface area contributed by atoms with E-state index >= 15 is 0 Å². The van der Waals surface area contributed by atoms with Gasteiger partial charge in [-0.25, -0.2) is 0 Å². The lowest BCUT2D eigenvalue weighted by Gasteiger charge is -2.31. The van der Waals surface area contributed by atoms with E-state index in [0.29, 0.717) is 5.56 Å². The molecule has 1 aliphatic heterocycles. The molecule has 2 aliphatic rings. The average molecular weight is 339 g/mol. The lowest BCUT2D eigenvalue weighted by Crippen LogP contribution is -2.37. The van der Waals surface area contributed by atoms with Crippen LogP contribution in [0.25, 0.3) is 10.8 Å². The van der Waals surface area contributed by atoms with Crippen LogP contribution >= 0.6 is 0 Å². The van der Waals surface area contributed by atoms with E-state index in [1.54, 1.807) is 13.2 Å². The lowest BCUT2D eigenvalue weighted by molar-refractivity contribution is 0.112. The standard InChI is InChI=1S/C12H10O2.C10H19N/c1-14-12-5-4-10-6-9(8-13)2-3-11(10)7-12;1-4-8-11(9-5-1)10-6-2-3-7-10/h2-8H,1H3;10H,1-9H2. The zero-order valence-corrected chi connectivity index (χ0v) is 15.2. The number of carbonyl (C=O) groups excluding carboxylic acids is 1. The van der Waals surface area contributed by atoms with Gasteiger partial charge in [0.25, 0.3) is 0 Å². The molecule has 1 heterocycles. The number of hydrogen-bond acceptors (Lipinski definition) is 3. The van der Waals surface area contributed by atoms with Crippen molar-refractivity contribution >= 4 is 17.1 Å². The number of benzene rings is 2. The molecule has 0 atom stereocenters. The van der Waals surface area contributed by atoms with E-state index in [1.165, 1.54) is 58.0 Å². The van der Waals surface area contributed by atoms with E-state index in [2.05, 4.69) is 4.90 Å². The monoisotopic (exact) mass is 339 g/mol. The Balaban J connectivity index is 0.000000150. The first-order valence-electron chi connectivity index (χ1n) is 9.57. The van der Waals surface area contributed by atoms with Gasteiger partial charge in [-0.15, -0.1) is 0 Å². The molecular formula is C22H29NO2. The molecule has 0 radical (unpaired) electrons. The van der Waals surface area contributed by atoms with E-state index in [-0.39, 0.29) is 0 Å². The molecule has 1 saturated carbocycles. The average Bonchev–Trinajstić information content (AvgIpc) is 3.23. The third-order valence-corrected chi connectivity index (χ3v) is 5.44. The predicted molar refractivity (Wildman–Crippen MR) is 104 cm³/mol. The van der Waals surface area contributed by atoms with Gasteiger partial charge in [0.15, 0.2) is 0 Å². The summed E-state index contributed by atoms with van der Waals surface area (Å²) in [6, 6.07) is 12.3. The Morgan fingerprint density at radius 1 is 0.920 bits per heavy atom. The van der Waals surface area contributed by atoms with Gasteiger partial charge in [0, 0.05) is 11.6 Å². The highest BCUT2D eigenvalue weighted by atomic mass is 16.5. The summed E-state index contributed by atoms with van der Waals surface area (Å²) < 4.78 is 5.11. The van der Waals surface area contributed by atoms with E-state index in [0.717, 1.165) is 28.8 Å². The van der Waals surface area contributed by atoms with E-state index < -0.39 is 0 Å². The van der Waals surface area contributed by atoms with E-state index in [9.17, 15) is 4.79 Å². The molecule has 25 heavy (non-hydrogen) atoms. The Hall–Kier alpha value is -1.87. The van der Waals surface area contributed by atoms with Crippen LogP contribution in [0.15, 0.2) is 36.4 Å². The van der Waals surface area contributed by atoms with Crippen molar-refractivity contribution in [2.24, 2.45) is 0 Å². The summed E-state index contributed by atoms with van der Waals surface area (Å²) in [5, 5.41) is 2.13. The fourth-order valence-corrected chi connectivity index (χ4v) is 4.00. The topological polar surface area (TPSA) is 29.5 Å². The summed E-state index contributed by atoms with van der Waals surface area (Å²) in [5.74, 6) is 0.830. The summed E-state index contributed by atoms with van der Waals surface area (Å²) in [7, 11) is 1.64. The van der Waals surface area contributed by atoms with Gasteiger partial charge in [-0.05, 0) is 67.7 Å². The number of fused-ring (bicyclic) bond motifs is 1.